The fourth-order valence-electron chi connectivity index (χ4n) is 2.78. The molecule has 7 N–H and O–H groups in total. The van der Waals surface area contributed by atoms with E-state index in [-0.39, 0.29) is 10.9 Å². The lowest BCUT2D eigenvalue weighted by atomic mass is 10.2. The summed E-state index contributed by atoms with van der Waals surface area (Å²) in [7, 11) is -4.06. The number of rotatable bonds is 9. The molecule has 0 radical (unpaired) electrons. The van der Waals surface area contributed by atoms with Gasteiger partial charge in [0.2, 0.25) is 10.0 Å². The number of amides is 1. The van der Waals surface area contributed by atoms with Crippen LogP contribution in [0, 0.1) is 0 Å². The van der Waals surface area contributed by atoms with Crippen LogP contribution in [-0.2, 0) is 14.8 Å². The molecule has 10 nitrogen and oxygen atoms in total. The van der Waals surface area contributed by atoms with Crippen LogP contribution in [-0.4, -0.2) is 43.9 Å². The maximum absolute atomic E-state index is 12.5. The number of carbonyl (C=O) groups excluding carboxylic acids is 1. The molecule has 0 aliphatic heterocycles. The minimum absolute atomic E-state index is 0.0523. The maximum atomic E-state index is 12.5. The Balaban J connectivity index is 1.65. The third kappa shape index (κ3) is 6.38. The van der Waals surface area contributed by atoms with Crippen molar-refractivity contribution in [3.05, 3.63) is 71.6 Å². The molecule has 2 aromatic carbocycles. The number of carboxylic acids is 1. The van der Waals surface area contributed by atoms with Crippen LogP contribution in [0.5, 0.6) is 0 Å². The van der Waals surface area contributed by atoms with Gasteiger partial charge in [-0.05, 0) is 42.0 Å². The minimum atomic E-state index is -4.06. The number of nitrogens with two attached hydrogens (primary N) is 2. The lowest BCUT2D eigenvalue weighted by molar-refractivity contribution is -0.138. The highest BCUT2D eigenvalue weighted by molar-refractivity contribution is 7.89. The van der Waals surface area contributed by atoms with E-state index >= 15 is 0 Å². The first-order valence-corrected chi connectivity index (χ1v) is 11.8. The van der Waals surface area contributed by atoms with Crippen molar-refractivity contribution in [1.82, 2.24) is 10.0 Å². The van der Waals surface area contributed by atoms with E-state index in [4.69, 9.17) is 11.5 Å². The van der Waals surface area contributed by atoms with Crippen molar-refractivity contribution < 1.29 is 23.1 Å². The number of carboxylic acid groups (broad SMARTS) is 1. The molecule has 1 atom stereocenters. The fraction of sp³-hybridized carbons (Fsp3) is 0.0952. The number of sulfonamides is 1. The topological polar surface area (TPSA) is 177 Å². The number of benzene rings is 2. The standard InChI is InChI=1S/C21H21N5O5S2/c22-21(23)25-14-8-6-13(7-9-14)17-10-11-18(32-17)19(27)24-12-16(20(28)29)26-33(30,31)15-4-2-1-3-5-15/h1-11,16,26H,12H2,(H,24,27)(H,28,29)(H4,22,23,25)/t16-/m0/s1. The molecule has 0 spiro atoms. The lowest BCUT2D eigenvalue weighted by Gasteiger charge is -2.15. The average molecular weight is 488 g/mol. The van der Waals surface area contributed by atoms with Gasteiger partial charge in [-0.3, -0.25) is 9.59 Å². The Morgan fingerprint density at radius 1 is 1.00 bits per heavy atom. The van der Waals surface area contributed by atoms with Gasteiger partial charge in [0.05, 0.1) is 15.5 Å². The van der Waals surface area contributed by atoms with Crippen molar-refractivity contribution in [2.75, 3.05) is 6.54 Å². The van der Waals surface area contributed by atoms with Crippen molar-refractivity contribution in [3.8, 4) is 10.4 Å². The Morgan fingerprint density at radius 3 is 2.27 bits per heavy atom. The highest BCUT2D eigenvalue weighted by atomic mass is 32.2. The molecule has 12 heteroatoms. The fourth-order valence-corrected chi connectivity index (χ4v) is 4.92. The summed E-state index contributed by atoms with van der Waals surface area (Å²) in [4.78, 5) is 29.1. The van der Waals surface area contributed by atoms with Gasteiger partial charge >= 0.3 is 5.97 Å². The molecule has 0 saturated carbocycles. The van der Waals surface area contributed by atoms with E-state index in [2.05, 4.69) is 15.0 Å². The van der Waals surface area contributed by atoms with Crippen molar-refractivity contribution in [2.45, 2.75) is 10.9 Å². The van der Waals surface area contributed by atoms with Gasteiger partial charge in [-0.25, -0.2) is 13.4 Å². The zero-order valence-electron chi connectivity index (χ0n) is 17.1. The Bertz CT molecular complexity index is 1270. The van der Waals surface area contributed by atoms with Crippen LogP contribution in [0.2, 0.25) is 0 Å². The number of hydrogen-bond donors (Lipinski definition) is 5. The SMILES string of the molecule is NC(N)=Nc1ccc(-c2ccc(C(=O)NC[C@H](NS(=O)(=O)c3ccccc3)C(=O)O)s2)cc1. The number of aliphatic imine (C=N–C) groups is 1. The molecule has 3 rings (SSSR count). The number of carbonyl (C=O) groups is 2. The minimum Gasteiger partial charge on any atom is -0.480 e. The second-order valence-electron chi connectivity index (χ2n) is 6.78. The van der Waals surface area contributed by atoms with Crippen LogP contribution >= 0.6 is 11.3 Å². The largest absolute Gasteiger partial charge is 0.480 e. The summed E-state index contributed by atoms with van der Waals surface area (Å²) >= 11 is 1.20. The number of thiophene rings is 1. The normalized spacial score (nSPS) is 12.0. The van der Waals surface area contributed by atoms with Crippen molar-refractivity contribution >= 4 is 44.9 Å². The molecule has 172 valence electrons. The van der Waals surface area contributed by atoms with Gasteiger partial charge in [-0.15, -0.1) is 11.3 Å². The van der Waals surface area contributed by atoms with Crippen LogP contribution in [0.3, 0.4) is 0 Å². The van der Waals surface area contributed by atoms with Crippen molar-refractivity contribution in [2.24, 2.45) is 16.5 Å². The number of nitrogens with one attached hydrogen (secondary N) is 2. The number of hydrogen-bond acceptors (Lipinski definition) is 6. The van der Waals surface area contributed by atoms with E-state index in [1.165, 1.54) is 35.6 Å². The summed E-state index contributed by atoms with van der Waals surface area (Å²) < 4.78 is 26.9. The Morgan fingerprint density at radius 2 is 1.67 bits per heavy atom. The van der Waals surface area contributed by atoms with Gasteiger partial charge in [0.15, 0.2) is 5.96 Å². The maximum Gasteiger partial charge on any atom is 0.323 e. The summed E-state index contributed by atoms with van der Waals surface area (Å²) in [5.41, 5.74) is 12.1. The highest BCUT2D eigenvalue weighted by Gasteiger charge is 2.26. The van der Waals surface area contributed by atoms with Gasteiger partial charge in [-0.2, -0.15) is 4.72 Å². The summed E-state index contributed by atoms with van der Waals surface area (Å²) in [5, 5.41) is 11.9. The molecule has 0 unspecified atom stereocenters. The molecule has 1 aromatic heterocycles. The van der Waals surface area contributed by atoms with E-state index in [0.717, 1.165) is 10.4 Å². The Hall–Kier alpha value is -3.74. The molecule has 1 amide bonds. The zero-order chi connectivity index (χ0) is 24.0. The highest BCUT2D eigenvalue weighted by Crippen LogP contribution is 2.29. The van der Waals surface area contributed by atoms with Gasteiger partial charge in [0, 0.05) is 11.4 Å². The zero-order valence-corrected chi connectivity index (χ0v) is 18.8. The predicted molar refractivity (Wildman–Crippen MR) is 126 cm³/mol. The smallest absolute Gasteiger partial charge is 0.323 e. The molecule has 33 heavy (non-hydrogen) atoms. The molecular weight excluding hydrogens is 466 g/mol. The van der Waals surface area contributed by atoms with Crippen LogP contribution in [0.15, 0.2) is 76.6 Å². The van der Waals surface area contributed by atoms with Gasteiger partial charge in [0.1, 0.15) is 6.04 Å². The van der Waals surface area contributed by atoms with Crippen molar-refractivity contribution in [3.63, 3.8) is 0 Å². The molecule has 0 fully saturated rings. The first kappa shape index (κ1) is 23.9. The van der Waals surface area contributed by atoms with E-state index in [0.29, 0.717) is 10.6 Å². The third-order valence-electron chi connectivity index (χ3n) is 4.36. The number of aliphatic carboxylic acids is 1. The molecule has 0 saturated heterocycles. The summed E-state index contributed by atoms with van der Waals surface area (Å²) in [5.74, 6) is -1.99. The Kier molecular flexibility index (Phi) is 7.43. The molecule has 1 heterocycles. The first-order valence-electron chi connectivity index (χ1n) is 9.54. The second kappa shape index (κ2) is 10.3. The van der Waals surface area contributed by atoms with E-state index in [1.807, 2.05) is 0 Å². The molecular formula is C21H21N5O5S2. The van der Waals surface area contributed by atoms with E-state index < -0.39 is 34.5 Å². The number of nitrogens with zero attached hydrogens (tertiary/aromatic N) is 1. The van der Waals surface area contributed by atoms with Gasteiger partial charge in [-0.1, -0.05) is 30.3 Å². The van der Waals surface area contributed by atoms with Crippen LogP contribution in [0.25, 0.3) is 10.4 Å². The molecule has 3 aromatic rings. The van der Waals surface area contributed by atoms with Gasteiger partial charge < -0.3 is 21.9 Å². The summed E-state index contributed by atoms with van der Waals surface area (Å²) in [6, 6.07) is 16.2. The third-order valence-corrected chi connectivity index (χ3v) is 6.98. The lowest BCUT2D eigenvalue weighted by Crippen LogP contribution is -2.48. The predicted octanol–water partition coefficient (Wildman–Crippen LogP) is 1.48. The summed E-state index contributed by atoms with van der Waals surface area (Å²) in [6.45, 7) is -0.430. The summed E-state index contributed by atoms with van der Waals surface area (Å²) in [6.07, 6.45) is 0. The monoisotopic (exact) mass is 487 g/mol. The second-order valence-corrected chi connectivity index (χ2v) is 9.58. The Labute approximate surface area is 194 Å². The molecule has 0 bridgehead atoms. The van der Waals surface area contributed by atoms with E-state index in [9.17, 15) is 23.1 Å². The molecule has 0 aliphatic rings. The van der Waals surface area contributed by atoms with Crippen LogP contribution in [0.4, 0.5) is 5.69 Å². The van der Waals surface area contributed by atoms with Crippen LogP contribution in [0.1, 0.15) is 9.67 Å². The van der Waals surface area contributed by atoms with Gasteiger partial charge in [0.25, 0.3) is 5.91 Å². The van der Waals surface area contributed by atoms with Crippen LogP contribution < -0.4 is 21.5 Å². The average Bonchev–Trinajstić information content (AvgIpc) is 3.27. The number of guanidine groups is 1. The molecule has 0 aliphatic carbocycles. The van der Waals surface area contributed by atoms with Crippen molar-refractivity contribution in [1.29, 1.82) is 0 Å². The first-order chi connectivity index (χ1) is 15.7. The van der Waals surface area contributed by atoms with E-state index in [1.54, 1.807) is 42.5 Å². The quantitative estimate of drug-likeness (QED) is 0.224.